The Morgan fingerprint density at radius 3 is 2.35 bits per heavy atom. The zero-order valence-corrected chi connectivity index (χ0v) is 11.6. The number of oxazole rings is 1. The minimum Gasteiger partial charge on any atom is -0.440 e. The first-order valence-electron chi connectivity index (χ1n) is 7.87. The van der Waals surface area contributed by atoms with E-state index in [2.05, 4.69) is 0 Å². The largest absolute Gasteiger partial charge is 0.440 e. The summed E-state index contributed by atoms with van der Waals surface area (Å²) in [6.07, 6.45) is 8.23. The minimum absolute atomic E-state index is 0.239. The van der Waals surface area contributed by atoms with Crippen LogP contribution in [0.25, 0.3) is 11.1 Å². The molecule has 0 aliphatic heterocycles. The highest BCUT2D eigenvalue weighted by molar-refractivity contribution is 5.76. The minimum atomic E-state index is 0.239. The van der Waals surface area contributed by atoms with Crippen LogP contribution in [-0.4, -0.2) is 4.98 Å². The summed E-state index contributed by atoms with van der Waals surface area (Å²) in [5.74, 6) is 3.75. The van der Waals surface area contributed by atoms with E-state index >= 15 is 0 Å². The smallest absolute Gasteiger partial charge is 0.201 e. The number of benzene rings is 1. The van der Waals surface area contributed by atoms with Crippen molar-refractivity contribution in [2.45, 2.75) is 43.9 Å². The molecule has 0 radical (unpaired) electrons. The maximum absolute atomic E-state index is 6.14. The van der Waals surface area contributed by atoms with Gasteiger partial charge in [0.2, 0.25) is 5.89 Å². The van der Waals surface area contributed by atoms with Crippen LogP contribution in [0.1, 0.15) is 44.4 Å². The molecule has 3 heteroatoms. The van der Waals surface area contributed by atoms with Gasteiger partial charge in [-0.3, -0.25) is 0 Å². The number of hydrogen-bond acceptors (Lipinski definition) is 3. The van der Waals surface area contributed by atoms with Gasteiger partial charge in [0.05, 0.1) is 0 Å². The van der Waals surface area contributed by atoms with Gasteiger partial charge in [-0.15, -0.1) is 0 Å². The molecule has 0 unspecified atom stereocenters. The van der Waals surface area contributed by atoms with E-state index < -0.39 is 0 Å². The lowest BCUT2D eigenvalue weighted by molar-refractivity contribution is -0.0170. The van der Waals surface area contributed by atoms with Gasteiger partial charge in [0.1, 0.15) is 5.52 Å². The molecule has 1 aromatic carbocycles. The van der Waals surface area contributed by atoms with Gasteiger partial charge in [0.15, 0.2) is 5.58 Å². The zero-order valence-electron chi connectivity index (χ0n) is 11.6. The van der Waals surface area contributed by atoms with Crippen molar-refractivity contribution in [1.82, 2.24) is 4.98 Å². The summed E-state index contributed by atoms with van der Waals surface area (Å²) in [5.41, 5.74) is 8.67. The molecular weight excluding hydrogens is 248 g/mol. The molecule has 1 aromatic heterocycles. The van der Waals surface area contributed by atoms with Crippen molar-refractivity contribution in [3.63, 3.8) is 0 Å². The summed E-state index contributed by atoms with van der Waals surface area (Å²) in [7, 11) is 0. The Hall–Kier alpha value is -1.51. The van der Waals surface area contributed by atoms with Crippen LogP contribution < -0.4 is 5.73 Å². The predicted molar refractivity (Wildman–Crippen MR) is 78.3 cm³/mol. The lowest BCUT2D eigenvalue weighted by atomic mass is 9.49. The Labute approximate surface area is 118 Å². The Bertz CT molecular complexity index is 652. The molecule has 0 amide bonds. The van der Waals surface area contributed by atoms with Crippen molar-refractivity contribution in [3.05, 3.63) is 24.1 Å². The first kappa shape index (κ1) is 11.2. The van der Waals surface area contributed by atoms with Crippen LogP contribution >= 0.6 is 0 Å². The Morgan fingerprint density at radius 2 is 1.70 bits per heavy atom. The van der Waals surface area contributed by atoms with E-state index in [-0.39, 0.29) is 5.41 Å². The maximum atomic E-state index is 6.14. The molecule has 20 heavy (non-hydrogen) atoms. The number of hydrogen-bond donors (Lipinski definition) is 1. The second-order valence-corrected chi connectivity index (χ2v) is 7.44. The number of rotatable bonds is 1. The second kappa shape index (κ2) is 3.57. The van der Waals surface area contributed by atoms with Crippen LogP contribution in [0.15, 0.2) is 22.6 Å². The molecule has 6 rings (SSSR count). The third kappa shape index (κ3) is 1.44. The summed E-state index contributed by atoms with van der Waals surface area (Å²) in [6, 6.07) is 5.80. The van der Waals surface area contributed by atoms with Crippen molar-refractivity contribution < 1.29 is 4.42 Å². The monoisotopic (exact) mass is 268 g/mol. The van der Waals surface area contributed by atoms with E-state index in [9.17, 15) is 0 Å². The zero-order chi connectivity index (χ0) is 13.3. The van der Waals surface area contributed by atoms with Crippen LogP contribution in [0.2, 0.25) is 0 Å². The number of nitrogen functional groups attached to an aromatic ring is 1. The van der Waals surface area contributed by atoms with E-state index in [1.807, 2.05) is 18.2 Å². The molecule has 4 aliphatic carbocycles. The van der Waals surface area contributed by atoms with Crippen LogP contribution in [0.4, 0.5) is 5.69 Å². The summed E-state index contributed by atoms with van der Waals surface area (Å²) < 4.78 is 6.14. The molecule has 3 nitrogen and oxygen atoms in total. The highest BCUT2D eigenvalue weighted by Crippen LogP contribution is 2.60. The average molecular weight is 268 g/mol. The SMILES string of the molecule is Nc1ccc2nc(C34CC5CC(CC(C5)C3)C4)oc2c1. The fourth-order valence-electron chi connectivity index (χ4n) is 5.54. The fourth-order valence-corrected chi connectivity index (χ4v) is 5.54. The molecule has 4 fully saturated rings. The van der Waals surface area contributed by atoms with E-state index in [0.29, 0.717) is 0 Å². The van der Waals surface area contributed by atoms with E-state index in [0.717, 1.165) is 40.4 Å². The number of nitrogens with two attached hydrogens (primary N) is 1. The molecule has 0 atom stereocenters. The molecule has 4 saturated carbocycles. The normalized spacial score (nSPS) is 38.7. The van der Waals surface area contributed by atoms with Gasteiger partial charge in [-0.25, -0.2) is 4.98 Å². The van der Waals surface area contributed by atoms with Crippen molar-refractivity contribution >= 4 is 16.8 Å². The number of nitrogens with zero attached hydrogens (tertiary/aromatic N) is 1. The molecular formula is C17H20N2O. The Balaban J connectivity index is 1.63. The lowest BCUT2D eigenvalue weighted by Crippen LogP contribution is -2.48. The molecule has 2 N–H and O–H groups in total. The molecule has 2 aromatic rings. The lowest BCUT2D eigenvalue weighted by Gasteiger charge is -2.55. The number of anilines is 1. The molecule has 4 aliphatic rings. The van der Waals surface area contributed by atoms with Crippen molar-refractivity contribution in [3.8, 4) is 0 Å². The quantitative estimate of drug-likeness (QED) is 0.798. The van der Waals surface area contributed by atoms with Crippen LogP contribution in [0.5, 0.6) is 0 Å². The van der Waals surface area contributed by atoms with E-state index in [1.165, 1.54) is 38.5 Å². The van der Waals surface area contributed by atoms with Gasteiger partial charge in [0, 0.05) is 17.2 Å². The van der Waals surface area contributed by atoms with Gasteiger partial charge < -0.3 is 10.2 Å². The summed E-state index contributed by atoms with van der Waals surface area (Å²) in [6.45, 7) is 0. The summed E-state index contributed by atoms with van der Waals surface area (Å²) in [5, 5.41) is 0. The number of fused-ring (bicyclic) bond motifs is 1. The first-order valence-corrected chi connectivity index (χ1v) is 7.87. The molecule has 1 heterocycles. The maximum Gasteiger partial charge on any atom is 0.201 e. The predicted octanol–water partition coefficient (Wildman–Crippen LogP) is 3.88. The van der Waals surface area contributed by atoms with Gasteiger partial charge in [-0.2, -0.15) is 0 Å². The van der Waals surface area contributed by atoms with Gasteiger partial charge in [-0.1, -0.05) is 0 Å². The second-order valence-electron chi connectivity index (χ2n) is 7.44. The highest BCUT2D eigenvalue weighted by Gasteiger charge is 2.54. The fraction of sp³-hybridized carbons (Fsp3) is 0.588. The third-order valence-corrected chi connectivity index (χ3v) is 5.90. The van der Waals surface area contributed by atoms with Gasteiger partial charge in [0.25, 0.3) is 0 Å². The van der Waals surface area contributed by atoms with Gasteiger partial charge >= 0.3 is 0 Å². The Morgan fingerprint density at radius 1 is 1.05 bits per heavy atom. The molecule has 0 saturated heterocycles. The van der Waals surface area contributed by atoms with Gasteiger partial charge in [-0.05, 0) is 68.4 Å². The van der Waals surface area contributed by atoms with Crippen molar-refractivity contribution in [2.75, 3.05) is 5.73 Å². The standard InChI is InChI=1S/C17H20N2O/c18-13-1-2-14-15(6-13)20-16(19-14)17-7-10-3-11(8-17)5-12(4-10)9-17/h1-2,6,10-12H,3-5,7-9,18H2. The Kier molecular flexibility index (Phi) is 2.00. The van der Waals surface area contributed by atoms with Crippen LogP contribution in [0, 0.1) is 17.8 Å². The van der Waals surface area contributed by atoms with Crippen LogP contribution in [-0.2, 0) is 5.41 Å². The molecule has 0 spiro atoms. The van der Waals surface area contributed by atoms with E-state index in [4.69, 9.17) is 15.1 Å². The first-order chi connectivity index (χ1) is 9.70. The van der Waals surface area contributed by atoms with Crippen LogP contribution in [0.3, 0.4) is 0 Å². The number of aromatic nitrogens is 1. The third-order valence-electron chi connectivity index (χ3n) is 5.90. The highest BCUT2D eigenvalue weighted by atomic mass is 16.3. The van der Waals surface area contributed by atoms with Crippen molar-refractivity contribution in [2.24, 2.45) is 17.8 Å². The van der Waals surface area contributed by atoms with Crippen molar-refractivity contribution in [1.29, 1.82) is 0 Å². The molecule has 104 valence electrons. The summed E-state index contributed by atoms with van der Waals surface area (Å²) in [4.78, 5) is 4.82. The topological polar surface area (TPSA) is 52.0 Å². The molecule has 4 bridgehead atoms. The summed E-state index contributed by atoms with van der Waals surface area (Å²) >= 11 is 0. The average Bonchev–Trinajstić information content (AvgIpc) is 2.80. The van der Waals surface area contributed by atoms with E-state index in [1.54, 1.807) is 0 Å².